The molecule has 1 unspecified atom stereocenters. The van der Waals surface area contributed by atoms with Crippen molar-refractivity contribution in [2.45, 2.75) is 45.7 Å². The quantitative estimate of drug-likeness (QED) is 0.856. The van der Waals surface area contributed by atoms with Gasteiger partial charge in [0.05, 0.1) is 5.69 Å². The van der Waals surface area contributed by atoms with Crippen molar-refractivity contribution in [1.82, 2.24) is 4.98 Å². The number of aromatic nitrogens is 1. The average Bonchev–Trinajstić information content (AvgIpc) is 2.91. The molecule has 15 heavy (non-hydrogen) atoms. The molecule has 1 aliphatic rings. The Kier molecular flexibility index (Phi) is 2.98. The molecule has 0 saturated heterocycles. The zero-order chi connectivity index (χ0) is 11.0. The lowest BCUT2D eigenvalue weighted by Gasteiger charge is -2.18. The van der Waals surface area contributed by atoms with E-state index in [0.29, 0.717) is 0 Å². The van der Waals surface area contributed by atoms with Gasteiger partial charge in [0.25, 0.3) is 0 Å². The number of rotatable bonds is 4. The van der Waals surface area contributed by atoms with Gasteiger partial charge < -0.3 is 10.6 Å². The maximum atomic E-state index is 5.91. The smallest absolute Gasteiger partial charge is 0.186 e. The molecule has 1 heterocycles. The predicted octanol–water partition coefficient (Wildman–Crippen LogP) is 2.46. The number of thiazole rings is 1. The average molecular weight is 225 g/mol. The van der Waals surface area contributed by atoms with Crippen LogP contribution in [0.25, 0.3) is 0 Å². The Bertz CT molecular complexity index is 342. The van der Waals surface area contributed by atoms with Gasteiger partial charge in [-0.1, -0.05) is 0 Å². The molecule has 84 valence electrons. The number of nitrogens with zero attached hydrogens (tertiary/aromatic N) is 2. The minimum Gasteiger partial charge on any atom is -0.345 e. The van der Waals surface area contributed by atoms with Gasteiger partial charge in [0.1, 0.15) is 0 Å². The van der Waals surface area contributed by atoms with Gasteiger partial charge in [0, 0.05) is 23.5 Å². The molecule has 1 atom stereocenters. The van der Waals surface area contributed by atoms with Gasteiger partial charge in [-0.15, -0.1) is 11.3 Å². The summed E-state index contributed by atoms with van der Waals surface area (Å²) in [6.07, 6.45) is 2.64. The third-order valence-corrected chi connectivity index (χ3v) is 4.20. The van der Waals surface area contributed by atoms with Crippen molar-refractivity contribution in [3.8, 4) is 0 Å². The summed E-state index contributed by atoms with van der Waals surface area (Å²) < 4.78 is 0. The SMILES string of the molecule is CCN(c1nc(C)c(C(C)N)s1)C1CC1. The van der Waals surface area contributed by atoms with Gasteiger partial charge in [-0.3, -0.25) is 0 Å². The van der Waals surface area contributed by atoms with E-state index in [-0.39, 0.29) is 6.04 Å². The van der Waals surface area contributed by atoms with Crippen molar-refractivity contribution in [1.29, 1.82) is 0 Å². The van der Waals surface area contributed by atoms with Gasteiger partial charge in [-0.2, -0.15) is 0 Å². The Hall–Kier alpha value is -0.610. The molecular formula is C11H19N3S. The van der Waals surface area contributed by atoms with Crippen LogP contribution in [0.2, 0.25) is 0 Å². The lowest BCUT2D eigenvalue weighted by atomic mass is 10.2. The van der Waals surface area contributed by atoms with Crippen LogP contribution in [0, 0.1) is 6.92 Å². The first-order valence-corrected chi connectivity index (χ1v) is 6.44. The Morgan fingerprint density at radius 2 is 2.27 bits per heavy atom. The van der Waals surface area contributed by atoms with E-state index in [4.69, 9.17) is 5.73 Å². The molecule has 0 aliphatic heterocycles. The van der Waals surface area contributed by atoms with Crippen LogP contribution in [0.5, 0.6) is 0 Å². The molecule has 1 aromatic heterocycles. The van der Waals surface area contributed by atoms with Crippen LogP contribution in [0.4, 0.5) is 5.13 Å². The minimum absolute atomic E-state index is 0.106. The molecule has 0 amide bonds. The van der Waals surface area contributed by atoms with Crippen LogP contribution >= 0.6 is 11.3 Å². The van der Waals surface area contributed by atoms with Crippen LogP contribution in [0.1, 0.15) is 43.3 Å². The molecule has 1 aliphatic carbocycles. The summed E-state index contributed by atoms with van der Waals surface area (Å²) in [6, 6.07) is 0.843. The van der Waals surface area contributed by atoms with Crippen LogP contribution in [-0.4, -0.2) is 17.6 Å². The second-order valence-corrected chi connectivity index (χ2v) is 5.26. The summed E-state index contributed by atoms with van der Waals surface area (Å²) in [5.74, 6) is 0. The minimum atomic E-state index is 0.106. The van der Waals surface area contributed by atoms with E-state index < -0.39 is 0 Å². The van der Waals surface area contributed by atoms with Crippen LogP contribution in [-0.2, 0) is 0 Å². The molecule has 2 N–H and O–H groups in total. The predicted molar refractivity (Wildman–Crippen MR) is 65.5 cm³/mol. The maximum absolute atomic E-state index is 5.91. The van der Waals surface area contributed by atoms with Crippen molar-refractivity contribution in [2.24, 2.45) is 5.73 Å². The molecule has 0 aromatic carbocycles. The lowest BCUT2D eigenvalue weighted by Crippen LogP contribution is -2.24. The standard InChI is InChI=1S/C11H19N3S/c1-4-14(9-5-6-9)11-13-8(3)10(15-11)7(2)12/h7,9H,4-6,12H2,1-3H3. The highest BCUT2D eigenvalue weighted by Gasteiger charge is 2.30. The highest BCUT2D eigenvalue weighted by atomic mass is 32.1. The Balaban J connectivity index is 2.23. The second-order valence-electron chi connectivity index (χ2n) is 4.25. The fraction of sp³-hybridized carbons (Fsp3) is 0.727. The second kappa shape index (κ2) is 4.10. The normalized spacial score (nSPS) is 17.9. The molecule has 1 aromatic rings. The molecule has 0 bridgehead atoms. The number of hydrogen-bond acceptors (Lipinski definition) is 4. The molecule has 1 saturated carbocycles. The fourth-order valence-electron chi connectivity index (χ4n) is 1.87. The van der Waals surface area contributed by atoms with Crippen LogP contribution in [0.15, 0.2) is 0 Å². The van der Waals surface area contributed by atoms with Crippen molar-refractivity contribution >= 4 is 16.5 Å². The molecular weight excluding hydrogens is 206 g/mol. The maximum Gasteiger partial charge on any atom is 0.186 e. The zero-order valence-corrected chi connectivity index (χ0v) is 10.5. The summed E-state index contributed by atoms with van der Waals surface area (Å²) >= 11 is 1.76. The first-order chi connectivity index (χ1) is 7.13. The number of aryl methyl sites for hydroxylation is 1. The van der Waals surface area contributed by atoms with Crippen LogP contribution in [0.3, 0.4) is 0 Å². The Morgan fingerprint density at radius 3 is 2.67 bits per heavy atom. The Morgan fingerprint density at radius 1 is 1.60 bits per heavy atom. The van der Waals surface area contributed by atoms with Crippen molar-refractivity contribution < 1.29 is 0 Å². The molecule has 4 heteroatoms. The topological polar surface area (TPSA) is 42.2 Å². The van der Waals surface area contributed by atoms with Crippen LogP contribution < -0.4 is 10.6 Å². The van der Waals surface area contributed by atoms with E-state index in [2.05, 4.69) is 23.7 Å². The van der Waals surface area contributed by atoms with E-state index in [9.17, 15) is 0 Å². The molecule has 3 nitrogen and oxygen atoms in total. The summed E-state index contributed by atoms with van der Waals surface area (Å²) in [5, 5.41) is 1.16. The molecule has 1 fully saturated rings. The van der Waals surface area contributed by atoms with Gasteiger partial charge in [-0.05, 0) is 33.6 Å². The molecule has 2 rings (SSSR count). The van der Waals surface area contributed by atoms with E-state index in [1.807, 2.05) is 6.92 Å². The highest BCUT2D eigenvalue weighted by molar-refractivity contribution is 7.15. The number of hydrogen-bond donors (Lipinski definition) is 1. The van der Waals surface area contributed by atoms with Crippen molar-refractivity contribution in [3.05, 3.63) is 10.6 Å². The summed E-state index contributed by atoms with van der Waals surface area (Å²) in [5.41, 5.74) is 7.01. The summed E-state index contributed by atoms with van der Waals surface area (Å²) in [6.45, 7) is 7.33. The molecule has 0 spiro atoms. The van der Waals surface area contributed by atoms with E-state index in [0.717, 1.165) is 23.4 Å². The van der Waals surface area contributed by atoms with Gasteiger partial charge in [0.2, 0.25) is 0 Å². The van der Waals surface area contributed by atoms with Crippen molar-refractivity contribution in [3.63, 3.8) is 0 Å². The van der Waals surface area contributed by atoms with Gasteiger partial charge in [-0.25, -0.2) is 4.98 Å². The first-order valence-electron chi connectivity index (χ1n) is 5.63. The zero-order valence-electron chi connectivity index (χ0n) is 9.66. The van der Waals surface area contributed by atoms with Gasteiger partial charge >= 0.3 is 0 Å². The number of anilines is 1. The Labute approximate surface area is 95.3 Å². The lowest BCUT2D eigenvalue weighted by molar-refractivity contribution is 0.812. The van der Waals surface area contributed by atoms with E-state index >= 15 is 0 Å². The first kappa shape index (κ1) is 10.9. The fourth-order valence-corrected chi connectivity index (χ4v) is 3.03. The number of nitrogens with two attached hydrogens (primary N) is 1. The largest absolute Gasteiger partial charge is 0.345 e. The highest BCUT2D eigenvalue weighted by Crippen LogP contribution is 2.36. The molecule has 0 radical (unpaired) electrons. The summed E-state index contributed by atoms with van der Waals surface area (Å²) in [4.78, 5) is 8.26. The van der Waals surface area contributed by atoms with Gasteiger partial charge in [0.15, 0.2) is 5.13 Å². The monoisotopic (exact) mass is 225 g/mol. The third-order valence-electron chi connectivity index (χ3n) is 2.81. The van der Waals surface area contributed by atoms with E-state index in [1.165, 1.54) is 17.7 Å². The van der Waals surface area contributed by atoms with Crippen molar-refractivity contribution in [2.75, 3.05) is 11.4 Å². The summed E-state index contributed by atoms with van der Waals surface area (Å²) in [7, 11) is 0. The van der Waals surface area contributed by atoms with E-state index in [1.54, 1.807) is 11.3 Å². The third kappa shape index (κ3) is 2.16.